The molecule has 0 amide bonds. The predicted octanol–water partition coefficient (Wildman–Crippen LogP) is 1.84. The van der Waals surface area contributed by atoms with Gasteiger partial charge in [0.15, 0.2) is 11.5 Å². The molecule has 4 heteroatoms. The smallest absolute Gasteiger partial charge is 0.205 e. The highest BCUT2D eigenvalue weighted by atomic mass is 16.5. The third kappa shape index (κ3) is 2.02. The Hall–Kier alpha value is -1.84. The van der Waals surface area contributed by atoms with Crippen molar-refractivity contribution in [1.29, 1.82) is 0 Å². The Morgan fingerprint density at radius 2 is 2.24 bits per heavy atom. The number of hydrogen-bond donors (Lipinski definition) is 1. The number of aliphatic hydroxyl groups excluding tert-OH is 1. The Bertz CT molecular complexity index is 454. The molecule has 0 aromatic rings. The average Bonchev–Trinajstić information content (AvgIpc) is 2.31. The minimum Gasteiger partial charge on any atom is -0.508 e. The molecule has 1 unspecified atom stereocenters. The highest BCUT2D eigenvalue weighted by molar-refractivity contribution is 6.18. The molecular weight excluding hydrogens is 220 g/mol. The molecule has 0 saturated heterocycles. The fourth-order valence-corrected chi connectivity index (χ4v) is 2.00. The SMILES string of the molecule is CCCOC1=CC(=O)C2=C(O)C=CCC2C1=O. The van der Waals surface area contributed by atoms with Crippen LogP contribution in [0.25, 0.3) is 0 Å². The number of fused-ring (bicyclic) bond motifs is 1. The van der Waals surface area contributed by atoms with Crippen LogP contribution in [0.2, 0.25) is 0 Å². The number of rotatable bonds is 3. The number of Topliss-reactive ketones (excluding diaryl/α,β-unsaturated/α-hetero) is 1. The molecule has 0 aromatic carbocycles. The van der Waals surface area contributed by atoms with Crippen LogP contribution in [0.15, 0.2) is 35.3 Å². The van der Waals surface area contributed by atoms with E-state index < -0.39 is 5.92 Å². The highest BCUT2D eigenvalue weighted by Gasteiger charge is 2.37. The van der Waals surface area contributed by atoms with Crippen LogP contribution in [0.4, 0.5) is 0 Å². The van der Waals surface area contributed by atoms with E-state index in [2.05, 4.69) is 0 Å². The van der Waals surface area contributed by atoms with E-state index in [1.54, 1.807) is 6.08 Å². The van der Waals surface area contributed by atoms with Crippen LogP contribution >= 0.6 is 0 Å². The zero-order valence-corrected chi connectivity index (χ0v) is 9.60. The number of aliphatic hydroxyl groups is 1. The molecule has 0 heterocycles. The predicted molar refractivity (Wildman–Crippen MR) is 61.2 cm³/mol. The van der Waals surface area contributed by atoms with Gasteiger partial charge in [0.2, 0.25) is 5.78 Å². The number of carbonyl (C=O) groups is 2. The molecule has 17 heavy (non-hydrogen) atoms. The molecule has 1 N–H and O–H groups in total. The highest BCUT2D eigenvalue weighted by Crippen LogP contribution is 2.32. The number of allylic oxidation sites excluding steroid dienone is 5. The van der Waals surface area contributed by atoms with Gasteiger partial charge in [-0.2, -0.15) is 0 Å². The van der Waals surface area contributed by atoms with E-state index in [-0.39, 0.29) is 28.7 Å². The van der Waals surface area contributed by atoms with Gasteiger partial charge in [-0.1, -0.05) is 13.0 Å². The van der Waals surface area contributed by atoms with E-state index in [4.69, 9.17) is 4.74 Å². The second-order valence-corrected chi connectivity index (χ2v) is 4.08. The molecule has 2 rings (SSSR count). The number of ketones is 2. The standard InChI is InChI=1S/C13H14O4/c1-2-6-17-11-7-10(15)12-8(13(11)16)4-3-5-9(12)14/h3,5,7-8,14H,2,4,6H2,1H3. The second-order valence-electron chi connectivity index (χ2n) is 4.08. The molecule has 0 bridgehead atoms. The minimum atomic E-state index is -0.579. The molecule has 0 fully saturated rings. The maximum absolute atomic E-state index is 12.0. The molecular formula is C13H14O4. The van der Waals surface area contributed by atoms with Crippen LogP contribution in [0.1, 0.15) is 19.8 Å². The molecule has 90 valence electrons. The third-order valence-corrected chi connectivity index (χ3v) is 2.82. The lowest BCUT2D eigenvalue weighted by Gasteiger charge is -2.25. The van der Waals surface area contributed by atoms with Gasteiger partial charge in [0, 0.05) is 6.08 Å². The van der Waals surface area contributed by atoms with Crippen molar-refractivity contribution in [3.8, 4) is 0 Å². The van der Waals surface area contributed by atoms with Crippen molar-refractivity contribution in [1.82, 2.24) is 0 Å². The minimum absolute atomic E-state index is 0.106. The van der Waals surface area contributed by atoms with Gasteiger partial charge in [-0.15, -0.1) is 0 Å². The summed E-state index contributed by atoms with van der Waals surface area (Å²) in [6, 6.07) is 0. The van der Waals surface area contributed by atoms with Gasteiger partial charge < -0.3 is 9.84 Å². The Labute approximate surface area is 99.3 Å². The maximum Gasteiger partial charge on any atom is 0.205 e. The van der Waals surface area contributed by atoms with Crippen LogP contribution in [0, 0.1) is 5.92 Å². The summed E-state index contributed by atoms with van der Waals surface area (Å²) in [6.07, 6.45) is 5.55. The summed E-state index contributed by atoms with van der Waals surface area (Å²) in [5.41, 5.74) is 0.196. The quantitative estimate of drug-likeness (QED) is 0.809. The van der Waals surface area contributed by atoms with Crippen molar-refractivity contribution in [2.24, 2.45) is 5.92 Å². The van der Waals surface area contributed by atoms with Gasteiger partial charge in [-0.3, -0.25) is 9.59 Å². The fraction of sp³-hybridized carbons (Fsp3) is 0.385. The van der Waals surface area contributed by atoms with Crippen LogP contribution in [0.5, 0.6) is 0 Å². The fourth-order valence-electron chi connectivity index (χ4n) is 2.00. The topological polar surface area (TPSA) is 63.6 Å². The zero-order valence-electron chi connectivity index (χ0n) is 9.60. The van der Waals surface area contributed by atoms with E-state index in [9.17, 15) is 14.7 Å². The van der Waals surface area contributed by atoms with Crippen molar-refractivity contribution in [2.75, 3.05) is 6.61 Å². The van der Waals surface area contributed by atoms with Gasteiger partial charge in [0.1, 0.15) is 5.76 Å². The van der Waals surface area contributed by atoms with Crippen LogP contribution in [-0.2, 0) is 14.3 Å². The first-order valence-electron chi connectivity index (χ1n) is 5.67. The van der Waals surface area contributed by atoms with Crippen molar-refractivity contribution in [2.45, 2.75) is 19.8 Å². The normalized spacial score (nSPS) is 23.6. The van der Waals surface area contributed by atoms with E-state index in [1.165, 1.54) is 12.2 Å². The number of ether oxygens (including phenoxy) is 1. The molecule has 0 radical (unpaired) electrons. The molecule has 4 nitrogen and oxygen atoms in total. The number of carbonyl (C=O) groups excluding carboxylic acids is 2. The first-order chi connectivity index (χ1) is 8.15. The third-order valence-electron chi connectivity index (χ3n) is 2.82. The summed E-state index contributed by atoms with van der Waals surface area (Å²) in [6.45, 7) is 2.34. The Morgan fingerprint density at radius 3 is 2.94 bits per heavy atom. The van der Waals surface area contributed by atoms with Crippen molar-refractivity contribution >= 4 is 11.6 Å². The van der Waals surface area contributed by atoms with Gasteiger partial charge in [-0.05, 0) is 18.9 Å². The molecule has 0 spiro atoms. The Balaban J connectivity index is 2.33. The second kappa shape index (κ2) is 4.57. The summed E-state index contributed by atoms with van der Waals surface area (Å²) in [4.78, 5) is 23.8. The molecule has 2 aliphatic rings. The van der Waals surface area contributed by atoms with Crippen LogP contribution in [0.3, 0.4) is 0 Å². The maximum atomic E-state index is 12.0. The Morgan fingerprint density at radius 1 is 1.47 bits per heavy atom. The van der Waals surface area contributed by atoms with Crippen molar-refractivity contribution in [3.63, 3.8) is 0 Å². The largest absolute Gasteiger partial charge is 0.508 e. The van der Waals surface area contributed by atoms with Gasteiger partial charge in [0.25, 0.3) is 0 Å². The van der Waals surface area contributed by atoms with E-state index >= 15 is 0 Å². The van der Waals surface area contributed by atoms with E-state index in [1.807, 2.05) is 6.92 Å². The zero-order chi connectivity index (χ0) is 12.4. The lowest BCUT2D eigenvalue weighted by atomic mass is 9.80. The summed E-state index contributed by atoms with van der Waals surface area (Å²) >= 11 is 0. The first kappa shape index (κ1) is 11.6. The van der Waals surface area contributed by atoms with Crippen LogP contribution < -0.4 is 0 Å². The average molecular weight is 234 g/mol. The lowest BCUT2D eigenvalue weighted by Crippen LogP contribution is -2.31. The van der Waals surface area contributed by atoms with E-state index in [0.717, 1.165) is 6.42 Å². The summed E-state index contributed by atoms with van der Waals surface area (Å²) < 4.78 is 5.26. The molecule has 0 saturated carbocycles. The molecule has 0 aromatic heterocycles. The monoisotopic (exact) mass is 234 g/mol. The Kier molecular flexibility index (Phi) is 3.13. The lowest BCUT2D eigenvalue weighted by molar-refractivity contribution is -0.125. The summed E-state index contributed by atoms with van der Waals surface area (Å²) in [7, 11) is 0. The molecule has 1 atom stereocenters. The van der Waals surface area contributed by atoms with Gasteiger partial charge in [-0.25, -0.2) is 0 Å². The summed E-state index contributed by atoms with van der Waals surface area (Å²) in [5, 5.41) is 9.60. The van der Waals surface area contributed by atoms with Crippen molar-refractivity contribution in [3.05, 3.63) is 35.3 Å². The van der Waals surface area contributed by atoms with Crippen LogP contribution in [-0.4, -0.2) is 23.3 Å². The van der Waals surface area contributed by atoms with E-state index in [0.29, 0.717) is 13.0 Å². The van der Waals surface area contributed by atoms with Gasteiger partial charge in [0.05, 0.1) is 18.1 Å². The molecule has 2 aliphatic carbocycles. The van der Waals surface area contributed by atoms with Crippen molar-refractivity contribution < 1.29 is 19.4 Å². The van der Waals surface area contributed by atoms with Gasteiger partial charge >= 0.3 is 0 Å². The number of hydrogen-bond acceptors (Lipinski definition) is 4. The molecule has 0 aliphatic heterocycles. The summed E-state index contributed by atoms with van der Waals surface area (Å²) in [5.74, 6) is -1.12. The first-order valence-corrected chi connectivity index (χ1v) is 5.67.